The number of methoxy groups -OCH3 is 1. The third-order valence-electron chi connectivity index (χ3n) is 7.14. The van der Waals surface area contributed by atoms with Crippen LogP contribution in [0.1, 0.15) is 31.2 Å². The third-order valence-corrected chi connectivity index (χ3v) is 8.14. The van der Waals surface area contributed by atoms with Crippen molar-refractivity contribution >= 4 is 22.7 Å². The second kappa shape index (κ2) is 11.8. The summed E-state index contributed by atoms with van der Waals surface area (Å²) in [7, 11) is 1.57. The fourth-order valence-electron chi connectivity index (χ4n) is 4.88. The lowest BCUT2D eigenvalue weighted by molar-refractivity contribution is 0.0378. The van der Waals surface area contributed by atoms with Gasteiger partial charge in [-0.25, -0.2) is 17.6 Å². The number of aromatic nitrogens is 1. The molecule has 0 aliphatic carbocycles. The first-order valence-electron chi connectivity index (χ1n) is 12.1. The van der Waals surface area contributed by atoms with E-state index in [4.69, 9.17) is 4.74 Å². The molecule has 1 saturated heterocycles. The third kappa shape index (κ3) is 6.12. The highest BCUT2D eigenvalue weighted by atomic mass is 32.2. The Morgan fingerprint density at radius 2 is 1.86 bits per heavy atom. The first-order chi connectivity index (χ1) is 17.3. The van der Waals surface area contributed by atoms with Gasteiger partial charge in [0.25, 0.3) is 0 Å². The predicted molar refractivity (Wildman–Crippen MR) is 133 cm³/mol. The monoisotopic (exact) mass is 522 g/mol. The first-order valence-corrected chi connectivity index (χ1v) is 13.0. The number of fused-ring (bicyclic) bond motifs is 1. The van der Waals surface area contributed by atoms with E-state index in [2.05, 4.69) is 9.88 Å². The molecule has 0 radical (unpaired) electrons. The van der Waals surface area contributed by atoms with Crippen LogP contribution in [0.15, 0.2) is 41.4 Å². The van der Waals surface area contributed by atoms with Crippen molar-refractivity contribution in [1.82, 2.24) is 9.88 Å². The molecule has 0 saturated carbocycles. The van der Waals surface area contributed by atoms with Crippen LogP contribution in [0.3, 0.4) is 0 Å². The molecule has 2 aromatic carbocycles. The minimum Gasteiger partial charge on any atom is -0.497 e. The molecule has 36 heavy (non-hydrogen) atoms. The first kappa shape index (κ1) is 26.7. The van der Waals surface area contributed by atoms with Gasteiger partial charge >= 0.3 is 0 Å². The Morgan fingerprint density at radius 1 is 1.08 bits per heavy atom. The highest BCUT2D eigenvalue weighted by Crippen LogP contribution is 2.37. The summed E-state index contributed by atoms with van der Waals surface area (Å²) in [6.07, 6.45) is 4.89. The van der Waals surface area contributed by atoms with Crippen LogP contribution in [0.4, 0.5) is 17.6 Å². The van der Waals surface area contributed by atoms with Gasteiger partial charge in [-0.1, -0.05) is 0 Å². The zero-order chi connectivity index (χ0) is 25.7. The molecule has 3 aromatic rings. The number of piperidine rings is 1. The normalized spacial score (nSPS) is 15.9. The maximum Gasteiger partial charge on any atom is 0.172 e. The van der Waals surface area contributed by atoms with E-state index in [9.17, 15) is 22.7 Å². The minimum atomic E-state index is -1.18. The number of rotatable bonds is 10. The highest BCUT2D eigenvalue weighted by molar-refractivity contribution is 7.99. The predicted octanol–water partition coefficient (Wildman–Crippen LogP) is 5.99. The molecule has 1 fully saturated rings. The van der Waals surface area contributed by atoms with Crippen LogP contribution in [0.2, 0.25) is 0 Å². The largest absolute Gasteiger partial charge is 0.497 e. The Bertz CT molecular complexity index is 1200. The number of hydrogen-bond acceptors (Lipinski definition) is 5. The van der Waals surface area contributed by atoms with E-state index >= 15 is 0 Å². The van der Waals surface area contributed by atoms with Gasteiger partial charge < -0.3 is 14.7 Å². The second-order valence-electron chi connectivity index (χ2n) is 9.37. The van der Waals surface area contributed by atoms with Crippen molar-refractivity contribution in [2.24, 2.45) is 5.41 Å². The Morgan fingerprint density at radius 3 is 2.58 bits per heavy atom. The molecule has 0 amide bonds. The van der Waals surface area contributed by atoms with Crippen molar-refractivity contribution in [3.63, 3.8) is 0 Å². The standard InChI is InChI=1S/C27H30F4N2O2S/c1-35-19-4-5-24-21(15-19)20(23(30)16-32-24)3-2-6-27(17-34)7-9-33(10-8-27)11-12-36-25-14-18(28)13-22(29)26(25)31/h4-5,13-16,34H,2-3,6-12,17H2,1H3. The molecule has 4 rings (SSSR count). The van der Waals surface area contributed by atoms with E-state index in [0.29, 0.717) is 36.1 Å². The summed E-state index contributed by atoms with van der Waals surface area (Å²) in [5, 5.41) is 10.9. The van der Waals surface area contributed by atoms with Crippen molar-refractivity contribution in [3.8, 4) is 5.75 Å². The zero-order valence-electron chi connectivity index (χ0n) is 20.2. The number of benzene rings is 2. The highest BCUT2D eigenvalue weighted by Gasteiger charge is 2.33. The molecule has 194 valence electrons. The molecule has 0 unspecified atom stereocenters. The van der Waals surface area contributed by atoms with Crippen molar-refractivity contribution in [1.29, 1.82) is 0 Å². The van der Waals surface area contributed by atoms with Gasteiger partial charge in [-0.15, -0.1) is 11.8 Å². The number of likely N-dealkylation sites (tertiary alicyclic amines) is 1. The lowest BCUT2D eigenvalue weighted by Gasteiger charge is -2.41. The maximum absolute atomic E-state index is 14.6. The number of halogens is 4. The topological polar surface area (TPSA) is 45.6 Å². The summed E-state index contributed by atoms with van der Waals surface area (Å²) in [6.45, 7) is 2.26. The van der Waals surface area contributed by atoms with Crippen molar-refractivity contribution in [2.45, 2.75) is 37.0 Å². The van der Waals surface area contributed by atoms with Crippen LogP contribution >= 0.6 is 11.8 Å². The molecule has 1 N–H and O–H groups in total. The smallest absolute Gasteiger partial charge is 0.172 e. The van der Waals surface area contributed by atoms with Gasteiger partial charge in [0.15, 0.2) is 11.6 Å². The molecule has 1 aliphatic heterocycles. The average Bonchev–Trinajstić information content (AvgIpc) is 2.88. The maximum atomic E-state index is 14.6. The van der Waals surface area contributed by atoms with Crippen LogP contribution in [-0.4, -0.2) is 54.1 Å². The summed E-state index contributed by atoms with van der Waals surface area (Å²) in [4.78, 5) is 6.37. The van der Waals surface area contributed by atoms with Gasteiger partial charge in [0.05, 0.1) is 18.8 Å². The van der Waals surface area contributed by atoms with E-state index in [-0.39, 0.29) is 22.7 Å². The fraction of sp³-hybridized carbons (Fsp3) is 0.444. The lowest BCUT2D eigenvalue weighted by Crippen LogP contribution is -2.42. The van der Waals surface area contributed by atoms with Crippen molar-refractivity contribution in [3.05, 3.63) is 65.4 Å². The Balaban J connectivity index is 1.30. The van der Waals surface area contributed by atoms with Gasteiger partial charge in [-0.3, -0.25) is 4.98 Å². The number of aryl methyl sites for hydroxylation is 1. The van der Waals surface area contributed by atoms with Gasteiger partial charge in [-0.2, -0.15) is 0 Å². The SMILES string of the molecule is COc1ccc2ncc(F)c(CCCC3(CO)CCN(CCSc4cc(F)cc(F)c4F)CC3)c2c1. The summed E-state index contributed by atoms with van der Waals surface area (Å²) >= 11 is 1.10. The number of nitrogens with zero attached hydrogens (tertiary/aromatic N) is 2. The quantitative estimate of drug-likeness (QED) is 0.201. The molecule has 1 aromatic heterocycles. The molecular formula is C27H30F4N2O2S. The fourth-order valence-corrected chi connectivity index (χ4v) is 5.87. The van der Waals surface area contributed by atoms with Crippen molar-refractivity contribution in [2.75, 3.05) is 39.1 Å². The van der Waals surface area contributed by atoms with Gasteiger partial charge in [0, 0.05) is 35.3 Å². The van der Waals surface area contributed by atoms with E-state index < -0.39 is 17.5 Å². The lowest BCUT2D eigenvalue weighted by atomic mass is 9.75. The Kier molecular flexibility index (Phi) is 8.74. The molecular weight excluding hydrogens is 492 g/mol. The summed E-state index contributed by atoms with van der Waals surface area (Å²) < 4.78 is 60.5. The minimum absolute atomic E-state index is 0.0253. The summed E-state index contributed by atoms with van der Waals surface area (Å²) in [5.41, 5.74) is 1.11. The number of thioether (sulfide) groups is 1. The van der Waals surface area contributed by atoms with Crippen LogP contribution in [0.5, 0.6) is 5.75 Å². The van der Waals surface area contributed by atoms with Gasteiger partial charge in [0.2, 0.25) is 0 Å². The van der Waals surface area contributed by atoms with Crippen LogP contribution in [-0.2, 0) is 6.42 Å². The summed E-state index contributed by atoms with van der Waals surface area (Å²) in [6, 6.07) is 6.99. The molecule has 9 heteroatoms. The number of aliphatic hydroxyl groups excluding tert-OH is 1. The Hall–Kier alpha value is -2.36. The van der Waals surface area contributed by atoms with Crippen molar-refractivity contribution < 1.29 is 27.4 Å². The number of pyridine rings is 1. The number of aliphatic hydroxyl groups is 1. The number of hydrogen-bond donors (Lipinski definition) is 1. The van der Waals surface area contributed by atoms with Crippen LogP contribution in [0.25, 0.3) is 10.9 Å². The molecule has 2 heterocycles. The van der Waals surface area contributed by atoms with Crippen LogP contribution < -0.4 is 4.74 Å². The van der Waals surface area contributed by atoms with E-state index in [0.717, 1.165) is 67.5 Å². The van der Waals surface area contributed by atoms with E-state index in [1.165, 1.54) is 6.20 Å². The molecule has 4 nitrogen and oxygen atoms in total. The van der Waals surface area contributed by atoms with E-state index in [1.807, 2.05) is 12.1 Å². The average molecular weight is 523 g/mol. The second-order valence-corrected chi connectivity index (χ2v) is 10.5. The number of ether oxygens (including phenoxy) is 1. The Labute approximate surface area is 212 Å². The zero-order valence-corrected chi connectivity index (χ0v) is 21.0. The van der Waals surface area contributed by atoms with Gasteiger partial charge in [0.1, 0.15) is 17.4 Å². The molecule has 0 bridgehead atoms. The molecule has 0 spiro atoms. The van der Waals surface area contributed by atoms with Gasteiger partial charge in [-0.05, 0) is 80.4 Å². The van der Waals surface area contributed by atoms with E-state index in [1.54, 1.807) is 13.2 Å². The molecule has 0 atom stereocenters. The summed E-state index contributed by atoms with van der Waals surface area (Å²) in [5.74, 6) is -2.17. The molecule has 1 aliphatic rings. The van der Waals surface area contributed by atoms with Crippen LogP contribution in [0, 0.1) is 28.7 Å².